The van der Waals surface area contributed by atoms with Crippen molar-refractivity contribution in [2.75, 3.05) is 6.61 Å². The number of alkyl halides is 1. The topological polar surface area (TPSA) is 18.5 Å². The summed E-state index contributed by atoms with van der Waals surface area (Å²) >= 11 is 12.1. The summed E-state index contributed by atoms with van der Waals surface area (Å²) in [5, 5.41) is 0.722. The van der Waals surface area contributed by atoms with Crippen LogP contribution in [0.5, 0.6) is 11.5 Å². The van der Waals surface area contributed by atoms with Gasteiger partial charge in [-0.05, 0) is 30.2 Å². The van der Waals surface area contributed by atoms with E-state index in [2.05, 4.69) is 0 Å². The van der Waals surface area contributed by atoms with Crippen LogP contribution in [-0.2, 0) is 18.9 Å². The van der Waals surface area contributed by atoms with Gasteiger partial charge in [-0.25, -0.2) is 0 Å². The molecule has 0 spiro atoms. The first-order valence-corrected chi connectivity index (χ1v) is 7.81. The van der Waals surface area contributed by atoms with E-state index in [0.717, 1.165) is 45.2 Å². The first-order chi connectivity index (χ1) is 10.2. The summed E-state index contributed by atoms with van der Waals surface area (Å²) in [6.07, 6.45) is 0.903. The quantitative estimate of drug-likeness (QED) is 0.745. The monoisotopic (exact) mass is 322 g/mol. The first kappa shape index (κ1) is 14.6. The molecule has 0 N–H and O–H groups in total. The van der Waals surface area contributed by atoms with E-state index >= 15 is 0 Å². The maximum atomic E-state index is 6.17. The van der Waals surface area contributed by atoms with Gasteiger partial charge in [0, 0.05) is 22.6 Å². The number of hydrogen-bond acceptors (Lipinski definition) is 2. The lowest BCUT2D eigenvalue weighted by Crippen LogP contribution is -2.02. The minimum Gasteiger partial charge on any atom is -0.493 e. The van der Waals surface area contributed by atoms with Crippen molar-refractivity contribution in [1.29, 1.82) is 0 Å². The molecule has 0 amide bonds. The molecular weight excluding hydrogens is 307 g/mol. The Kier molecular flexibility index (Phi) is 4.27. The molecule has 0 saturated carbocycles. The van der Waals surface area contributed by atoms with Crippen LogP contribution < -0.4 is 9.47 Å². The number of rotatable bonds is 4. The number of benzene rings is 2. The zero-order chi connectivity index (χ0) is 14.8. The highest BCUT2D eigenvalue weighted by Gasteiger charge is 2.18. The molecule has 2 nitrogen and oxygen atoms in total. The van der Waals surface area contributed by atoms with E-state index in [0.29, 0.717) is 19.1 Å². The van der Waals surface area contributed by atoms with Gasteiger partial charge in [0.25, 0.3) is 0 Å². The van der Waals surface area contributed by atoms with Crippen molar-refractivity contribution >= 4 is 23.2 Å². The maximum Gasteiger partial charge on any atom is 0.129 e. The predicted molar refractivity (Wildman–Crippen MR) is 85.7 cm³/mol. The lowest BCUT2D eigenvalue weighted by Gasteiger charge is -2.14. The lowest BCUT2D eigenvalue weighted by molar-refractivity contribution is 0.288. The maximum absolute atomic E-state index is 6.17. The SMILES string of the molecule is Cc1cccc(CCl)c1OCc1cc(Cl)cc2c1OCC2. The highest BCUT2D eigenvalue weighted by molar-refractivity contribution is 6.30. The number of aryl methyl sites for hydroxylation is 1. The van der Waals surface area contributed by atoms with E-state index in [9.17, 15) is 0 Å². The Balaban J connectivity index is 1.86. The molecule has 0 aliphatic carbocycles. The van der Waals surface area contributed by atoms with Gasteiger partial charge in [-0.1, -0.05) is 29.8 Å². The molecule has 1 aliphatic rings. The molecule has 0 radical (unpaired) electrons. The Hall–Kier alpha value is -1.38. The van der Waals surface area contributed by atoms with Crippen LogP contribution >= 0.6 is 23.2 Å². The normalized spacial score (nSPS) is 12.9. The molecular formula is C17H16Cl2O2. The molecule has 21 heavy (non-hydrogen) atoms. The van der Waals surface area contributed by atoms with Crippen molar-refractivity contribution in [1.82, 2.24) is 0 Å². The van der Waals surface area contributed by atoms with Crippen LogP contribution in [0, 0.1) is 6.92 Å². The molecule has 3 rings (SSSR count). The van der Waals surface area contributed by atoms with Crippen molar-refractivity contribution in [3.05, 3.63) is 57.6 Å². The summed E-state index contributed by atoms with van der Waals surface area (Å²) in [6.45, 7) is 3.15. The van der Waals surface area contributed by atoms with Crippen LogP contribution in [-0.4, -0.2) is 6.61 Å². The van der Waals surface area contributed by atoms with Crippen LogP contribution in [0.1, 0.15) is 22.3 Å². The fraction of sp³-hybridized carbons (Fsp3) is 0.294. The zero-order valence-electron chi connectivity index (χ0n) is 11.8. The van der Waals surface area contributed by atoms with E-state index < -0.39 is 0 Å². The Morgan fingerprint density at radius 2 is 2.10 bits per heavy atom. The minimum absolute atomic E-state index is 0.428. The van der Waals surface area contributed by atoms with E-state index in [1.807, 2.05) is 37.3 Å². The third kappa shape index (κ3) is 2.97. The highest BCUT2D eigenvalue weighted by Crippen LogP contribution is 2.34. The standard InChI is InChI=1S/C17H16Cl2O2/c1-11-3-2-4-13(9-18)16(11)21-10-14-8-15(19)7-12-5-6-20-17(12)14/h2-4,7-8H,5-6,9-10H2,1H3. The number of hydrogen-bond donors (Lipinski definition) is 0. The minimum atomic E-state index is 0.428. The van der Waals surface area contributed by atoms with Crippen molar-refractivity contribution in [2.45, 2.75) is 25.8 Å². The van der Waals surface area contributed by atoms with Gasteiger partial charge in [-0.15, -0.1) is 11.6 Å². The number of fused-ring (bicyclic) bond motifs is 1. The number of para-hydroxylation sites is 1. The fourth-order valence-corrected chi connectivity index (χ4v) is 3.10. The van der Waals surface area contributed by atoms with Crippen LogP contribution in [0.3, 0.4) is 0 Å². The van der Waals surface area contributed by atoms with Crippen LogP contribution in [0.2, 0.25) is 5.02 Å². The van der Waals surface area contributed by atoms with Gasteiger partial charge in [-0.2, -0.15) is 0 Å². The van der Waals surface area contributed by atoms with Gasteiger partial charge < -0.3 is 9.47 Å². The second kappa shape index (κ2) is 6.17. The molecule has 0 unspecified atom stereocenters. The molecule has 0 aromatic heterocycles. The zero-order valence-corrected chi connectivity index (χ0v) is 13.3. The highest BCUT2D eigenvalue weighted by atomic mass is 35.5. The second-order valence-electron chi connectivity index (χ2n) is 5.14. The average Bonchev–Trinajstić information content (AvgIpc) is 2.93. The van der Waals surface area contributed by atoms with Crippen LogP contribution in [0.25, 0.3) is 0 Å². The van der Waals surface area contributed by atoms with Crippen molar-refractivity contribution in [3.8, 4) is 11.5 Å². The third-order valence-electron chi connectivity index (χ3n) is 3.63. The Labute approximate surface area is 134 Å². The molecule has 0 fully saturated rings. The van der Waals surface area contributed by atoms with Gasteiger partial charge in [0.1, 0.15) is 18.1 Å². The van der Waals surface area contributed by atoms with E-state index in [-0.39, 0.29) is 0 Å². The van der Waals surface area contributed by atoms with E-state index in [1.165, 1.54) is 0 Å². The molecule has 1 heterocycles. The molecule has 0 atom stereocenters. The van der Waals surface area contributed by atoms with Crippen molar-refractivity contribution in [3.63, 3.8) is 0 Å². The third-order valence-corrected chi connectivity index (χ3v) is 4.14. The summed E-state index contributed by atoms with van der Waals surface area (Å²) in [5.74, 6) is 2.20. The summed E-state index contributed by atoms with van der Waals surface area (Å²) in [4.78, 5) is 0. The van der Waals surface area contributed by atoms with Gasteiger partial charge in [-0.3, -0.25) is 0 Å². The first-order valence-electron chi connectivity index (χ1n) is 6.90. The molecule has 4 heteroatoms. The van der Waals surface area contributed by atoms with Crippen molar-refractivity contribution in [2.24, 2.45) is 0 Å². The van der Waals surface area contributed by atoms with E-state index in [1.54, 1.807) is 0 Å². The average molecular weight is 323 g/mol. The van der Waals surface area contributed by atoms with Gasteiger partial charge in [0.2, 0.25) is 0 Å². The molecule has 0 saturated heterocycles. The summed E-state index contributed by atoms with van der Waals surface area (Å²) in [7, 11) is 0. The largest absolute Gasteiger partial charge is 0.493 e. The fourth-order valence-electron chi connectivity index (χ4n) is 2.63. The summed E-state index contributed by atoms with van der Waals surface area (Å²) in [6, 6.07) is 9.86. The molecule has 1 aliphatic heterocycles. The molecule has 0 bridgehead atoms. The second-order valence-corrected chi connectivity index (χ2v) is 5.84. The Bertz CT molecular complexity index is 668. The predicted octanol–water partition coefficient (Wildman–Crippen LogP) is 4.90. The molecule has 110 valence electrons. The lowest BCUT2D eigenvalue weighted by atomic mass is 10.1. The summed E-state index contributed by atoms with van der Waals surface area (Å²) < 4.78 is 11.7. The summed E-state index contributed by atoms with van der Waals surface area (Å²) in [5.41, 5.74) is 4.21. The molecule has 2 aromatic rings. The van der Waals surface area contributed by atoms with Gasteiger partial charge in [0.15, 0.2) is 0 Å². The Morgan fingerprint density at radius 1 is 1.24 bits per heavy atom. The van der Waals surface area contributed by atoms with Crippen LogP contribution in [0.15, 0.2) is 30.3 Å². The van der Waals surface area contributed by atoms with Gasteiger partial charge >= 0.3 is 0 Å². The van der Waals surface area contributed by atoms with Crippen molar-refractivity contribution < 1.29 is 9.47 Å². The smallest absolute Gasteiger partial charge is 0.129 e. The Morgan fingerprint density at radius 3 is 2.90 bits per heavy atom. The van der Waals surface area contributed by atoms with Crippen LogP contribution in [0.4, 0.5) is 0 Å². The van der Waals surface area contributed by atoms with E-state index in [4.69, 9.17) is 32.7 Å². The van der Waals surface area contributed by atoms with Gasteiger partial charge in [0.05, 0.1) is 12.5 Å². The molecule has 2 aromatic carbocycles. The number of halogens is 2. The number of ether oxygens (including phenoxy) is 2.